The molecule has 114 valence electrons. The third kappa shape index (κ3) is 3.01. The van der Waals surface area contributed by atoms with Gasteiger partial charge in [0.15, 0.2) is 0 Å². The van der Waals surface area contributed by atoms with E-state index in [-0.39, 0.29) is 17.9 Å². The molecule has 6 nitrogen and oxygen atoms in total. The van der Waals surface area contributed by atoms with Gasteiger partial charge in [-0.25, -0.2) is 0 Å². The van der Waals surface area contributed by atoms with Gasteiger partial charge in [-0.1, -0.05) is 0 Å². The largest absolute Gasteiger partial charge is 0.391 e. The Labute approximate surface area is 124 Å². The molecule has 0 aromatic carbocycles. The lowest BCUT2D eigenvalue weighted by atomic mass is 10.1. The molecule has 0 radical (unpaired) electrons. The van der Waals surface area contributed by atoms with Gasteiger partial charge in [0.25, 0.3) is 0 Å². The summed E-state index contributed by atoms with van der Waals surface area (Å²) >= 11 is 0. The van der Waals surface area contributed by atoms with Gasteiger partial charge in [-0.3, -0.25) is 9.78 Å². The predicted octanol–water partition coefficient (Wildman–Crippen LogP) is -0.172. The smallest absolute Gasteiger partial charge is 0.225 e. The highest BCUT2D eigenvalue weighted by molar-refractivity contribution is 5.79. The van der Waals surface area contributed by atoms with Crippen LogP contribution in [-0.2, 0) is 4.79 Å². The second kappa shape index (κ2) is 5.99. The van der Waals surface area contributed by atoms with Crippen LogP contribution < -0.4 is 10.6 Å². The van der Waals surface area contributed by atoms with Crippen molar-refractivity contribution in [1.29, 1.82) is 0 Å². The third-order valence-corrected chi connectivity index (χ3v) is 4.53. The summed E-state index contributed by atoms with van der Waals surface area (Å²) in [5, 5.41) is 9.70. The summed E-state index contributed by atoms with van der Waals surface area (Å²) in [4.78, 5) is 20.7. The van der Waals surface area contributed by atoms with Gasteiger partial charge in [0, 0.05) is 44.3 Å². The van der Waals surface area contributed by atoms with Crippen LogP contribution in [-0.4, -0.2) is 59.2 Å². The topological polar surface area (TPSA) is 82.7 Å². The molecule has 1 amide bonds. The van der Waals surface area contributed by atoms with Gasteiger partial charge in [-0.05, 0) is 25.0 Å². The molecule has 2 heterocycles. The van der Waals surface area contributed by atoms with E-state index in [0.717, 1.165) is 31.9 Å². The molecule has 2 aliphatic rings. The number of hydrogen-bond acceptors (Lipinski definition) is 5. The second-order valence-electron chi connectivity index (χ2n) is 5.92. The van der Waals surface area contributed by atoms with Gasteiger partial charge in [-0.2, -0.15) is 0 Å². The standard InChI is InChI=1S/C15H22N4O2/c16-13-8-11(9-14(13)20)15(21)19-6-4-18(5-7-19)12-2-1-3-17-10-12/h1-3,10-11,13-14,20H,4-9,16H2/t11-,13-,14-/m0/s1. The van der Waals surface area contributed by atoms with Crippen molar-refractivity contribution in [2.75, 3.05) is 31.1 Å². The number of anilines is 1. The number of carbonyl (C=O) groups excluding carboxylic acids is 1. The van der Waals surface area contributed by atoms with Gasteiger partial charge in [-0.15, -0.1) is 0 Å². The van der Waals surface area contributed by atoms with Gasteiger partial charge in [0.2, 0.25) is 5.91 Å². The quantitative estimate of drug-likeness (QED) is 0.790. The lowest BCUT2D eigenvalue weighted by Crippen LogP contribution is -2.50. The van der Waals surface area contributed by atoms with Gasteiger partial charge < -0.3 is 20.6 Å². The van der Waals surface area contributed by atoms with Crippen molar-refractivity contribution in [3.05, 3.63) is 24.5 Å². The Morgan fingerprint density at radius 2 is 2.05 bits per heavy atom. The van der Waals surface area contributed by atoms with Gasteiger partial charge >= 0.3 is 0 Å². The van der Waals surface area contributed by atoms with E-state index < -0.39 is 6.10 Å². The maximum absolute atomic E-state index is 12.5. The Balaban J connectivity index is 1.55. The first-order valence-corrected chi connectivity index (χ1v) is 7.52. The van der Waals surface area contributed by atoms with Crippen molar-refractivity contribution in [3.63, 3.8) is 0 Å². The normalized spacial score (nSPS) is 29.7. The molecule has 3 rings (SSSR count). The first kappa shape index (κ1) is 14.3. The lowest BCUT2D eigenvalue weighted by molar-refractivity contribution is -0.135. The van der Waals surface area contributed by atoms with E-state index in [1.54, 1.807) is 6.20 Å². The summed E-state index contributed by atoms with van der Waals surface area (Å²) in [6, 6.07) is 3.71. The van der Waals surface area contributed by atoms with Crippen molar-refractivity contribution in [2.24, 2.45) is 11.7 Å². The molecule has 1 aromatic heterocycles. The molecule has 1 aliphatic heterocycles. The second-order valence-corrected chi connectivity index (χ2v) is 5.92. The van der Waals surface area contributed by atoms with E-state index in [1.165, 1.54) is 0 Å². The van der Waals surface area contributed by atoms with E-state index in [4.69, 9.17) is 5.73 Å². The summed E-state index contributed by atoms with van der Waals surface area (Å²) in [5.41, 5.74) is 6.90. The molecule has 1 aliphatic carbocycles. The summed E-state index contributed by atoms with van der Waals surface area (Å²) in [6.07, 6.45) is 4.18. The predicted molar refractivity (Wildman–Crippen MR) is 79.7 cm³/mol. The molecule has 2 fully saturated rings. The molecule has 0 unspecified atom stereocenters. The van der Waals surface area contributed by atoms with Crippen LogP contribution in [0, 0.1) is 5.92 Å². The number of aromatic nitrogens is 1. The number of nitrogens with zero attached hydrogens (tertiary/aromatic N) is 3. The molecular weight excluding hydrogens is 268 g/mol. The fourth-order valence-electron chi connectivity index (χ4n) is 3.23. The highest BCUT2D eigenvalue weighted by Crippen LogP contribution is 2.27. The Morgan fingerprint density at radius 3 is 2.62 bits per heavy atom. The van der Waals surface area contributed by atoms with Crippen molar-refractivity contribution >= 4 is 11.6 Å². The van der Waals surface area contributed by atoms with Crippen molar-refractivity contribution in [3.8, 4) is 0 Å². The monoisotopic (exact) mass is 290 g/mol. The van der Waals surface area contributed by atoms with Crippen molar-refractivity contribution < 1.29 is 9.90 Å². The summed E-state index contributed by atoms with van der Waals surface area (Å²) in [7, 11) is 0. The number of piperazine rings is 1. The molecule has 6 heteroatoms. The number of carbonyl (C=O) groups is 1. The number of aliphatic hydroxyl groups excluding tert-OH is 1. The summed E-state index contributed by atoms with van der Waals surface area (Å²) in [5.74, 6) is 0.0350. The molecule has 1 aromatic rings. The number of pyridine rings is 1. The summed E-state index contributed by atoms with van der Waals surface area (Å²) in [6.45, 7) is 3.07. The van der Waals surface area contributed by atoms with E-state index in [2.05, 4.69) is 9.88 Å². The number of aliphatic hydroxyl groups is 1. The Hall–Kier alpha value is -1.66. The highest BCUT2D eigenvalue weighted by Gasteiger charge is 2.37. The van der Waals surface area contributed by atoms with Crippen molar-refractivity contribution in [1.82, 2.24) is 9.88 Å². The SMILES string of the molecule is N[C@H]1C[C@H](C(=O)N2CCN(c3cccnc3)CC2)C[C@@H]1O. The lowest BCUT2D eigenvalue weighted by Gasteiger charge is -2.37. The summed E-state index contributed by atoms with van der Waals surface area (Å²) < 4.78 is 0. The Kier molecular flexibility index (Phi) is 4.07. The fourth-order valence-corrected chi connectivity index (χ4v) is 3.23. The van der Waals surface area contributed by atoms with E-state index in [0.29, 0.717) is 12.8 Å². The molecule has 0 bridgehead atoms. The first-order valence-electron chi connectivity index (χ1n) is 7.52. The molecule has 3 N–H and O–H groups in total. The Bertz CT molecular complexity index is 478. The van der Waals surface area contributed by atoms with Crippen LogP contribution in [0.2, 0.25) is 0 Å². The van der Waals surface area contributed by atoms with Crippen LogP contribution in [0.1, 0.15) is 12.8 Å². The van der Waals surface area contributed by atoms with Crippen LogP contribution in [0.25, 0.3) is 0 Å². The minimum absolute atomic E-state index is 0.111. The van der Waals surface area contributed by atoms with Crippen LogP contribution in [0.3, 0.4) is 0 Å². The molecule has 1 saturated carbocycles. The zero-order chi connectivity index (χ0) is 14.8. The molecular formula is C15H22N4O2. The molecule has 1 saturated heterocycles. The van der Waals surface area contributed by atoms with E-state index >= 15 is 0 Å². The number of amides is 1. The number of hydrogen-bond donors (Lipinski definition) is 2. The molecule has 21 heavy (non-hydrogen) atoms. The third-order valence-electron chi connectivity index (χ3n) is 4.53. The fraction of sp³-hybridized carbons (Fsp3) is 0.600. The minimum atomic E-state index is -0.532. The molecule has 3 atom stereocenters. The zero-order valence-corrected chi connectivity index (χ0v) is 12.1. The van der Waals surface area contributed by atoms with Crippen LogP contribution in [0.4, 0.5) is 5.69 Å². The minimum Gasteiger partial charge on any atom is -0.391 e. The first-order chi connectivity index (χ1) is 10.1. The van der Waals surface area contributed by atoms with Crippen LogP contribution in [0.5, 0.6) is 0 Å². The zero-order valence-electron chi connectivity index (χ0n) is 12.1. The average Bonchev–Trinajstić information content (AvgIpc) is 2.87. The Morgan fingerprint density at radius 1 is 1.29 bits per heavy atom. The number of nitrogens with two attached hydrogens (primary N) is 1. The van der Waals surface area contributed by atoms with Gasteiger partial charge in [0.05, 0.1) is 18.0 Å². The number of rotatable bonds is 2. The van der Waals surface area contributed by atoms with Crippen LogP contribution >= 0.6 is 0 Å². The highest BCUT2D eigenvalue weighted by atomic mass is 16.3. The van der Waals surface area contributed by atoms with E-state index in [1.807, 2.05) is 23.2 Å². The maximum atomic E-state index is 12.5. The van der Waals surface area contributed by atoms with E-state index in [9.17, 15) is 9.90 Å². The van der Waals surface area contributed by atoms with Gasteiger partial charge in [0.1, 0.15) is 0 Å². The molecule has 0 spiro atoms. The average molecular weight is 290 g/mol. The van der Waals surface area contributed by atoms with Crippen molar-refractivity contribution in [2.45, 2.75) is 25.0 Å². The van der Waals surface area contributed by atoms with Crippen LogP contribution in [0.15, 0.2) is 24.5 Å². The maximum Gasteiger partial charge on any atom is 0.225 e.